The second-order valence-electron chi connectivity index (χ2n) is 16.0. The first-order valence-electron chi connectivity index (χ1n) is 15.6. The maximum Gasteiger partial charge on any atom is 0.155 e. The van der Waals surface area contributed by atoms with E-state index in [9.17, 15) is 0 Å². The summed E-state index contributed by atoms with van der Waals surface area (Å²) in [6, 6.07) is 0. The minimum atomic E-state index is 0.0568. The molecule has 0 unspecified atom stereocenters. The Kier molecular flexibility index (Phi) is 14.3. The van der Waals surface area contributed by atoms with Crippen LogP contribution in [-0.2, 0) is 34.5 Å². The van der Waals surface area contributed by atoms with Gasteiger partial charge in [0, 0.05) is 24.1 Å². The molecule has 0 atom stereocenters. The summed E-state index contributed by atoms with van der Waals surface area (Å²) >= 11 is 0. The Morgan fingerprint density at radius 2 is 1.21 bits per heavy atom. The first kappa shape index (κ1) is 40.7. The molecule has 0 saturated heterocycles. The number of nitrogens with zero attached hydrogens (tertiary/aromatic N) is 14. The van der Waals surface area contributed by atoms with Crippen molar-refractivity contribution in [2.75, 3.05) is 0 Å². The Morgan fingerprint density at radius 1 is 0.617 bits per heavy atom. The molecule has 0 bridgehead atoms. The molecule has 0 saturated carbocycles. The number of aromatic amines is 1. The third kappa shape index (κ3) is 15.7. The van der Waals surface area contributed by atoms with Crippen LogP contribution in [0.1, 0.15) is 121 Å². The van der Waals surface area contributed by atoms with Gasteiger partial charge in [-0.1, -0.05) is 46.8 Å². The summed E-state index contributed by atoms with van der Waals surface area (Å²) in [4.78, 5) is 16.0. The number of aromatic nitrogens is 15. The highest BCUT2D eigenvalue weighted by Crippen LogP contribution is 2.17. The zero-order chi connectivity index (χ0) is 36.3. The van der Waals surface area contributed by atoms with E-state index >= 15 is 0 Å². The standard InChI is InChI=1S/2C7H13N3.3C6H11N3/c1-7(2,3)6-8-5-10(4)9-6;1-6-8-5-10(9-6)7(2,3)4;1-6(2,3)9-5-7-4-8-9;1-6(2,3)5-7-4-8-9-5;1-6(2,3)9-5-4-7-8-9/h2*5H,1-4H3;4-5H,1-3H3;4H,1-3H3,(H,7,8,9);4-5H,1-3H3. The van der Waals surface area contributed by atoms with Crippen molar-refractivity contribution in [3.8, 4) is 0 Å². The molecule has 1 N–H and O–H groups in total. The Balaban J connectivity index is 0.000000294. The van der Waals surface area contributed by atoms with Crippen LogP contribution in [0.15, 0.2) is 44.0 Å². The lowest BCUT2D eigenvalue weighted by molar-refractivity contribution is 0.347. The van der Waals surface area contributed by atoms with E-state index in [1.165, 1.54) is 6.33 Å². The van der Waals surface area contributed by atoms with Gasteiger partial charge in [0.2, 0.25) is 0 Å². The summed E-state index contributed by atoms with van der Waals surface area (Å²) in [5, 5.41) is 26.5. The van der Waals surface area contributed by atoms with Crippen LogP contribution in [0, 0.1) is 6.92 Å². The topological polar surface area (TPSA) is 164 Å². The molecule has 0 aromatic carbocycles. The molecule has 0 aliphatic carbocycles. The first-order valence-corrected chi connectivity index (χ1v) is 15.6. The molecule has 0 radical (unpaired) electrons. The number of rotatable bonds is 0. The Hall–Kier alpha value is -4.30. The van der Waals surface area contributed by atoms with Crippen molar-refractivity contribution < 1.29 is 0 Å². The van der Waals surface area contributed by atoms with Gasteiger partial charge in [0.1, 0.15) is 43.3 Å². The molecule has 0 aliphatic rings. The number of nitrogens with one attached hydrogen (secondary N) is 1. The van der Waals surface area contributed by atoms with Gasteiger partial charge in [-0.25, -0.2) is 34.0 Å². The summed E-state index contributed by atoms with van der Waals surface area (Å²) in [6.07, 6.45) is 11.8. The smallest absolute Gasteiger partial charge is 0.155 e. The van der Waals surface area contributed by atoms with E-state index in [1.54, 1.807) is 36.2 Å². The maximum atomic E-state index is 4.19. The first-order chi connectivity index (χ1) is 21.3. The van der Waals surface area contributed by atoms with Gasteiger partial charge < -0.3 is 0 Å². The Morgan fingerprint density at radius 3 is 1.43 bits per heavy atom. The van der Waals surface area contributed by atoms with Crippen LogP contribution >= 0.6 is 0 Å². The third-order valence-corrected chi connectivity index (χ3v) is 5.91. The van der Waals surface area contributed by atoms with Gasteiger partial charge >= 0.3 is 0 Å². The van der Waals surface area contributed by atoms with Gasteiger partial charge in [-0.15, -0.1) is 5.10 Å². The highest BCUT2D eigenvalue weighted by atomic mass is 15.4. The van der Waals surface area contributed by atoms with Crippen LogP contribution in [0.5, 0.6) is 0 Å². The fourth-order valence-electron chi connectivity index (χ4n) is 3.04. The molecule has 5 heterocycles. The molecule has 15 heteroatoms. The summed E-state index contributed by atoms with van der Waals surface area (Å²) < 4.78 is 7.24. The van der Waals surface area contributed by atoms with Crippen molar-refractivity contribution in [1.29, 1.82) is 0 Å². The fraction of sp³-hybridized carbons (Fsp3) is 0.688. The van der Waals surface area contributed by atoms with Crippen LogP contribution < -0.4 is 0 Å². The normalized spacial score (nSPS) is 11.9. The van der Waals surface area contributed by atoms with Crippen molar-refractivity contribution in [1.82, 2.24) is 74.5 Å². The molecule has 5 aromatic heterocycles. The maximum absolute atomic E-state index is 4.19. The molecular formula is C32H59N15. The van der Waals surface area contributed by atoms with Crippen LogP contribution in [0.2, 0.25) is 0 Å². The summed E-state index contributed by atoms with van der Waals surface area (Å²) in [5.74, 6) is 2.66. The second kappa shape index (κ2) is 16.5. The van der Waals surface area contributed by atoms with E-state index in [0.717, 1.165) is 17.5 Å². The van der Waals surface area contributed by atoms with Crippen molar-refractivity contribution >= 4 is 0 Å². The fourth-order valence-corrected chi connectivity index (χ4v) is 3.04. The monoisotopic (exact) mass is 654 g/mol. The van der Waals surface area contributed by atoms with Gasteiger partial charge in [0.25, 0.3) is 0 Å². The Labute approximate surface area is 281 Å². The SMILES string of the molecule is CC(C)(C)c1ncn[nH]1.CC(C)(C)n1ccnn1.CC(C)(C)n1cncn1.Cc1ncn(C(C)(C)C)n1.Cn1cnc(C(C)(C)C)n1. The highest BCUT2D eigenvalue weighted by molar-refractivity contribution is 4.98. The van der Waals surface area contributed by atoms with E-state index in [1.807, 2.05) is 34.2 Å². The molecule has 0 aliphatic heterocycles. The minimum Gasteiger partial charge on any atom is -0.263 e. The van der Waals surface area contributed by atoms with Gasteiger partial charge in [-0.3, -0.25) is 9.78 Å². The van der Waals surface area contributed by atoms with Gasteiger partial charge in [-0.05, 0) is 69.2 Å². The van der Waals surface area contributed by atoms with Crippen molar-refractivity contribution in [3.63, 3.8) is 0 Å². The van der Waals surface area contributed by atoms with Crippen LogP contribution in [0.25, 0.3) is 0 Å². The summed E-state index contributed by atoms with van der Waals surface area (Å²) in [6.45, 7) is 33.3. The quantitative estimate of drug-likeness (QED) is 0.222. The molecule has 262 valence electrons. The zero-order valence-electron chi connectivity index (χ0n) is 31.8. The van der Waals surface area contributed by atoms with Crippen LogP contribution in [-0.4, -0.2) is 74.5 Å². The van der Waals surface area contributed by atoms with Gasteiger partial charge in [0.15, 0.2) is 5.82 Å². The third-order valence-electron chi connectivity index (χ3n) is 5.91. The van der Waals surface area contributed by atoms with Gasteiger partial charge in [0.05, 0.1) is 22.8 Å². The summed E-state index contributed by atoms with van der Waals surface area (Å²) in [7, 11) is 1.88. The zero-order valence-corrected chi connectivity index (χ0v) is 31.8. The van der Waals surface area contributed by atoms with Gasteiger partial charge in [-0.2, -0.15) is 20.4 Å². The lowest BCUT2D eigenvalue weighted by Gasteiger charge is -2.17. The lowest BCUT2D eigenvalue weighted by Crippen LogP contribution is -2.22. The van der Waals surface area contributed by atoms with E-state index in [-0.39, 0.29) is 27.4 Å². The molecule has 5 aromatic rings. The van der Waals surface area contributed by atoms with Crippen LogP contribution in [0.4, 0.5) is 0 Å². The molecule has 0 spiro atoms. The van der Waals surface area contributed by atoms with E-state index in [0.29, 0.717) is 0 Å². The molecule has 47 heavy (non-hydrogen) atoms. The van der Waals surface area contributed by atoms with Crippen molar-refractivity contribution in [2.24, 2.45) is 7.05 Å². The highest BCUT2D eigenvalue weighted by Gasteiger charge is 2.18. The largest absolute Gasteiger partial charge is 0.263 e. The van der Waals surface area contributed by atoms with Crippen molar-refractivity contribution in [3.05, 3.63) is 61.5 Å². The Bertz CT molecular complexity index is 1340. The average Bonchev–Trinajstić information content (AvgIpc) is 3.72. The predicted molar refractivity (Wildman–Crippen MR) is 185 cm³/mol. The minimum absolute atomic E-state index is 0.0568. The van der Waals surface area contributed by atoms with E-state index in [4.69, 9.17) is 0 Å². The molecule has 5 rings (SSSR count). The molecule has 15 nitrogen and oxygen atoms in total. The van der Waals surface area contributed by atoms with E-state index < -0.39 is 0 Å². The molecule has 0 amide bonds. The summed E-state index contributed by atoms with van der Waals surface area (Å²) in [5.41, 5.74) is 0.353. The average molecular weight is 654 g/mol. The number of aryl methyl sites for hydroxylation is 2. The number of hydrogen-bond acceptors (Lipinski definition) is 10. The van der Waals surface area contributed by atoms with E-state index in [2.05, 4.69) is 160 Å². The lowest BCUT2D eigenvalue weighted by atomic mass is 9.96. The van der Waals surface area contributed by atoms with Crippen molar-refractivity contribution in [2.45, 2.75) is 138 Å². The second-order valence-corrected chi connectivity index (χ2v) is 16.0. The number of H-pyrrole nitrogens is 1. The predicted octanol–water partition coefficient (Wildman–Crippen LogP) is 5.62. The number of hydrogen-bond donors (Lipinski definition) is 1. The molecular weight excluding hydrogens is 594 g/mol. The van der Waals surface area contributed by atoms with Crippen LogP contribution in [0.3, 0.4) is 0 Å². The molecule has 0 fully saturated rings.